The molecule has 1 aromatic carbocycles. The Morgan fingerprint density at radius 3 is 2.68 bits per heavy atom. The second-order valence-electron chi connectivity index (χ2n) is 7.50. The SMILES string of the molecule is c1ccc2cc(N3CC[C@@H](Oc4nccnc4C4CCOCC4)C3)ncc2c1. The van der Waals surface area contributed by atoms with Crippen molar-refractivity contribution in [3.63, 3.8) is 0 Å². The molecule has 2 saturated heterocycles. The Morgan fingerprint density at radius 2 is 1.79 bits per heavy atom. The Balaban J connectivity index is 1.30. The van der Waals surface area contributed by atoms with E-state index in [9.17, 15) is 0 Å². The van der Waals surface area contributed by atoms with Crippen molar-refractivity contribution in [3.05, 3.63) is 54.6 Å². The Bertz CT molecular complexity index is 958. The maximum absolute atomic E-state index is 6.32. The van der Waals surface area contributed by atoms with Gasteiger partial charge < -0.3 is 14.4 Å². The van der Waals surface area contributed by atoms with Gasteiger partial charge in [0.05, 0.1) is 6.54 Å². The lowest BCUT2D eigenvalue weighted by atomic mass is 9.96. The van der Waals surface area contributed by atoms with Gasteiger partial charge in [0.1, 0.15) is 17.6 Å². The summed E-state index contributed by atoms with van der Waals surface area (Å²) in [6.45, 7) is 3.31. The summed E-state index contributed by atoms with van der Waals surface area (Å²) in [6, 6.07) is 10.5. The smallest absolute Gasteiger partial charge is 0.236 e. The van der Waals surface area contributed by atoms with Crippen LogP contribution in [0.15, 0.2) is 48.9 Å². The number of aromatic nitrogens is 3. The van der Waals surface area contributed by atoms with Gasteiger partial charge in [0.25, 0.3) is 0 Å². The molecular weight excluding hydrogens is 352 g/mol. The highest BCUT2D eigenvalue weighted by Crippen LogP contribution is 2.32. The van der Waals surface area contributed by atoms with Crippen LogP contribution in [0.1, 0.15) is 30.9 Å². The van der Waals surface area contributed by atoms with Crippen molar-refractivity contribution in [1.82, 2.24) is 15.0 Å². The molecule has 2 fully saturated rings. The van der Waals surface area contributed by atoms with E-state index in [0.717, 1.165) is 57.1 Å². The van der Waals surface area contributed by atoms with Crippen molar-refractivity contribution < 1.29 is 9.47 Å². The van der Waals surface area contributed by atoms with E-state index < -0.39 is 0 Å². The molecule has 0 spiro atoms. The van der Waals surface area contributed by atoms with Gasteiger partial charge in [0.15, 0.2) is 0 Å². The molecule has 0 radical (unpaired) electrons. The van der Waals surface area contributed by atoms with Crippen LogP contribution < -0.4 is 9.64 Å². The standard InChI is InChI=1S/C22H24N4O2/c1-2-4-18-14-25-20(13-17(18)3-1)26-10-5-19(15-26)28-22-21(23-8-9-24-22)16-6-11-27-12-7-16/h1-4,8-9,13-14,16,19H,5-7,10-12,15H2/t19-/m1/s1. The largest absolute Gasteiger partial charge is 0.471 e. The molecule has 28 heavy (non-hydrogen) atoms. The lowest BCUT2D eigenvalue weighted by Crippen LogP contribution is -2.26. The van der Waals surface area contributed by atoms with Crippen LogP contribution in [0.4, 0.5) is 5.82 Å². The van der Waals surface area contributed by atoms with E-state index in [-0.39, 0.29) is 6.10 Å². The average molecular weight is 376 g/mol. The number of anilines is 1. The predicted octanol–water partition coefficient (Wildman–Crippen LogP) is 3.58. The summed E-state index contributed by atoms with van der Waals surface area (Å²) in [5.41, 5.74) is 0.980. The van der Waals surface area contributed by atoms with E-state index in [1.54, 1.807) is 12.4 Å². The minimum Gasteiger partial charge on any atom is -0.471 e. The number of hydrogen-bond acceptors (Lipinski definition) is 6. The van der Waals surface area contributed by atoms with Crippen molar-refractivity contribution in [2.45, 2.75) is 31.3 Å². The van der Waals surface area contributed by atoms with Crippen LogP contribution in [-0.4, -0.2) is 47.4 Å². The van der Waals surface area contributed by atoms with Crippen molar-refractivity contribution in [2.75, 3.05) is 31.2 Å². The van der Waals surface area contributed by atoms with Gasteiger partial charge in [-0.3, -0.25) is 4.98 Å². The first-order valence-electron chi connectivity index (χ1n) is 10.0. The summed E-state index contributed by atoms with van der Waals surface area (Å²) >= 11 is 0. The van der Waals surface area contributed by atoms with Gasteiger partial charge in [-0.05, 0) is 24.3 Å². The minimum absolute atomic E-state index is 0.101. The molecule has 5 rings (SSSR count). The van der Waals surface area contributed by atoms with E-state index in [0.29, 0.717) is 11.8 Å². The topological polar surface area (TPSA) is 60.4 Å². The van der Waals surface area contributed by atoms with Crippen LogP contribution in [0.2, 0.25) is 0 Å². The highest BCUT2D eigenvalue weighted by molar-refractivity contribution is 5.83. The molecule has 144 valence electrons. The molecule has 0 saturated carbocycles. The van der Waals surface area contributed by atoms with E-state index in [2.05, 4.69) is 44.1 Å². The molecule has 6 heteroatoms. The normalized spacial score (nSPS) is 20.6. The van der Waals surface area contributed by atoms with E-state index in [1.165, 1.54) is 10.8 Å². The average Bonchev–Trinajstić information content (AvgIpc) is 3.23. The van der Waals surface area contributed by atoms with Gasteiger partial charge in [0, 0.05) is 56.1 Å². The molecule has 0 N–H and O–H groups in total. The summed E-state index contributed by atoms with van der Waals surface area (Å²) < 4.78 is 11.8. The van der Waals surface area contributed by atoms with Crippen LogP contribution >= 0.6 is 0 Å². The third-order valence-corrected chi connectivity index (χ3v) is 5.66. The minimum atomic E-state index is 0.101. The van der Waals surface area contributed by atoms with E-state index in [1.807, 2.05) is 12.3 Å². The quantitative estimate of drug-likeness (QED) is 0.694. The molecule has 0 amide bonds. The molecule has 4 heterocycles. The van der Waals surface area contributed by atoms with E-state index in [4.69, 9.17) is 9.47 Å². The number of fused-ring (bicyclic) bond motifs is 1. The molecule has 1 atom stereocenters. The van der Waals surface area contributed by atoms with Crippen molar-refractivity contribution in [2.24, 2.45) is 0 Å². The van der Waals surface area contributed by atoms with Crippen molar-refractivity contribution >= 4 is 16.6 Å². The second kappa shape index (κ2) is 7.72. The fraction of sp³-hybridized carbons (Fsp3) is 0.409. The molecule has 2 aliphatic heterocycles. The molecule has 0 unspecified atom stereocenters. The monoisotopic (exact) mass is 376 g/mol. The molecule has 3 aromatic rings. The van der Waals surface area contributed by atoms with Gasteiger partial charge in [-0.1, -0.05) is 24.3 Å². The Labute approximate surface area is 164 Å². The number of nitrogens with zero attached hydrogens (tertiary/aromatic N) is 4. The summed E-state index contributed by atoms with van der Waals surface area (Å²) in [5.74, 6) is 2.07. The Kier molecular flexibility index (Phi) is 4.79. The van der Waals surface area contributed by atoms with Gasteiger partial charge in [-0.2, -0.15) is 0 Å². The molecule has 2 aliphatic rings. The number of benzene rings is 1. The summed E-state index contributed by atoms with van der Waals surface area (Å²) in [5, 5.41) is 2.38. The molecular formula is C22H24N4O2. The van der Waals surface area contributed by atoms with Crippen LogP contribution in [0.3, 0.4) is 0 Å². The van der Waals surface area contributed by atoms with Gasteiger partial charge >= 0.3 is 0 Å². The molecule has 0 aliphatic carbocycles. The molecule has 2 aromatic heterocycles. The van der Waals surface area contributed by atoms with Gasteiger partial charge in [-0.15, -0.1) is 0 Å². The number of ether oxygens (including phenoxy) is 2. The zero-order chi connectivity index (χ0) is 18.8. The number of rotatable bonds is 4. The van der Waals surface area contributed by atoms with Gasteiger partial charge in [-0.25, -0.2) is 9.97 Å². The van der Waals surface area contributed by atoms with E-state index >= 15 is 0 Å². The van der Waals surface area contributed by atoms with Crippen molar-refractivity contribution in [1.29, 1.82) is 0 Å². The number of hydrogen-bond donors (Lipinski definition) is 0. The third kappa shape index (κ3) is 3.52. The maximum atomic E-state index is 6.32. The second-order valence-corrected chi connectivity index (χ2v) is 7.50. The zero-order valence-electron chi connectivity index (χ0n) is 15.8. The summed E-state index contributed by atoms with van der Waals surface area (Å²) in [4.78, 5) is 16.0. The molecule has 0 bridgehead atoms. The summed E-state index contributed by atoms with van der Waals surface area (Å²) in [6.07, 6.45) is 8.44. The maximum Gasteiger partial charge on any atom is 0.236 e. The third-order valence-electron chi connectivity index (χ3n) is 5.66. The lowest BCUT2D eigenvalue weighted by Gasteiger charge is -2.24. The predicted molar refractivity (Wildman–Crippen MR) is 108 cm³/mol. The highest BCUT2D eigenvalue weighted by Gasteiger charge is 2.28. The first-order valence-corrected chi connectivity index (χ1v) is 10.0. The number of pyridine rings is 1. The first kappa shape index (κ1) is 17.4. The zero-order valence-corrected chi connectivity index (χ0v) is 15.8. The van der Waals surface area contributed by atoms with Crippen LogP contribution in [0.5, 0.6) is 5.88 Å². The Hall–Kier alpha value is -2.73. The van der Waals surface area contributed by atoms with Crippen LogP contribution in [-0.2, 0) is 4.74 Å². The first-order chi connectivity index (χ1) is 13.9. The molecule has 6 nitrogen and oxygen atoms in total. The fourth-order valence-corrected chi connectivity index (χ4v) is 4.11. The Morgan fingerprint density at radius 1 is 0.964 bits per heavy atom. The fourth-order valence-electron chi connectivity index (χ4n) is 4.11. The summed E-state index contributed by atoms with van der Waals surface area (Å²) in [7, 11) is 0. The van der Waals surface area contributed by atoms with Crippen LogP contribution in [0.25, 0.3) is 10.8 Å². The lowest BCUT2D eigenvalue weighted by molar-refractivity contribution is 0.0829. The van der Waals surface area contributed by atoms with Gasteiger partial charge in [0.2, 0.25) is 5.88 Å². The van der Waals surface area contributed by atoms with Crippen LogP contribution in [0, 0.1) is 0 Å². The van der Waals surface area contributed by atoms with Crippen molar-refractivity contribution in [3.8, 4) is 5.88 Å². The highest BCUT2D eigenvalue weighted by atomic mass is 16.5.